The van der Waals surface area contributed by atoms with Gasteiger partial charge in [-0.15, -0.1) is 0 Å². The third kappa shape index (κ3) is 4.27. The van der Waals surface area contributed by atoms with Crippen LogP contribution in [0.1, 0.15) is 36.6 Å². The van der Waals surface area contributed by atoms with E-state index in [4.69, 9.17) is 11.6 Å². The van der Waals surface area contributed by atoms with Crippen molar-refractivity contribution in [2.45, 2.75) is 0 Å². The molecule has 0 radical (unpaired) electrons. The van der Waals surface area contributed by atoms with E-state index in [-0.39, 0.29) is 5.78 Å². The summed E-state index contributed by atoms with van der Waals surface area (Å²) in [5.41, 5.74) is 1.80. The predicted octanol–water partition coefficient (Wildman–Crippen LogP) is 4.61. The van der Waals surface area contributed by atoms with Crippen molar-refractivity contribution in [2.24, 2.45) is 0 Å². The first-order valence-corrected chi connectivity index (χ1v) is 8.76. The fourth-order valence-corrected chi connectivity index (χ4v) is 2.80. The molecule has 0 unspecified atom stereocenters. The van der Waals surface area contributed by atoms with E-state index in [1.165, 1.54) is 37.4 Å². The number of hydrogen-bond donors (Lipinski definition) is 1. The highest BCUT2D eigenvalue weighted by Gasteiger charge is 2.17. The number of esters is 1. The van der Waals surface area contributed by atoms with Gasteiger partial charge >= 0.3 is 5.97 Å². The topological polar surface area (TPSA) is 72.5 Å². The highest BCUT2D eigenvalue weighted by molar-refractivity contribution is 6.31. The quantitative estimate of drug-likeness (QED) is 0.507. The van der Waals surface area contributed by atoms with Crippen molar-refractivity contribution < 1.29 is 19.1 Å². The molecule has 3 aromatic rings. The molecule has 0 aromatic heterocycles. The maximum absolute atomic E-state index is 12.8. The average molecular weight is 394 g/mol. The van der Waals surface area contributed by atoms with Crippen molar-refractivity contribution in [1.29, 1.82) is 0 Å². The van der Waals surface area contributed by atoms with E-state index in [1.807, 2.05) is 6.07 Å². The molecule has 28 heavy (non-hydrogen) atoms. The van der Waals surface area contributed by atoms with E-state index in [0.29, 0.717) is 33.0 Å². The number of carbonyl (C=O) groups excluding carboxylic acids is 3. The Kier molecular flexibility index (Phi) is 5.87. The molecule has 0 heterocycles. The van der Waals surface area contributed by atoms with Gasteiger partial charge in [-0.1, -0.05) is 41.9 Å². The summed E-state index contributed by atoms with van der Waals surface area (Å²) in [5, 5.41) is 3.12. The fraction of sp³-hybridized carbons (Fsp3) is 0.0455. The number of anilines is 1. The van der Waals surface area contributed by atoms with Gasteiger partial charge in [0.1, 0.15) is 0 Å². The number of amides is 1. The van der Waals surface area contributed by atoms with E-state index in [2.05, 4.69) is 10.1 Å². The number of ether oxygens (including phenoxy) is 1. The molecule has 0 aliphatic heterocycles. The van der Waals surface area contributed by atoms with Crippen molar-refractivity contribution >= 4 is 34.9 Å². The van der Waals surface area contributed by atoms with Crippen LogP contribution in [0.5, 0.6) is 0 Å². The monoisotopic (exact) mass is 393 g/mol. The standard InChI is InChI=1S/C22H16ClNO4/c1-28-22(27)16-9-7-15(8-10-16)21(26)24-19-12-11-17(23)13-18(19)20(25)14-5-3-2-4-6-14/h2-13H,1H3,(H,24,26). The van der Waals surface area contributed by atoms with Crippen molar-refractivity contribution in [3.63, 3.8) is 0 Å². The molecule has 0 saturated carbocycles. The molecule has 0 spiro atoms. The van der Waals surface area contributed by atoms with Gasteiger partial charge in [-0.2, -0.15) is 0 Å². The molecule has 1 N–H and O–H groups in total. The average Bonchev–Trinajstić information content (AvgIpc) is 2.74. The highest BCUT2D eigenvalue weighted by atomic mass is 35.5. The van der Waals surface area contributed by atoms with Gasteiger partial charge in [0.05, 0.1) is 18.4 Å². The molecule has 140 valence electrons. The second-order valence-corrected chi connectivity index (χ2v) is 6.34. The van der Waals surface area contributed by atoms with Crippen LogP contribution in [0.15, 0.2) is 72.8 Å². The van der Waals surface area contributed by atoms with Crippen LogP contribution in [0.3, 0.4) is 0 Å². The molecule has 3 aromatic carbocycles. The number of benzene rings is 3. The summed E-state index contributed by atoms with van der Waals surface area (Å²) in [6, 6.07) is 19.4. The maximum Gasteiger partial charge on any atom is 0.337 e. The van der Waals surface area contributed by atoms with Crippen LogP contribution in [0.2, 0.25) is 5.02 Å². The van der Waals surface area contributed by atoms with Gasteiger partial charge < -0.3 is 10.1 Å². The summed E-state index contributed by atoms with van der Waals surface area (Å²) in [4.78, 5) is 36.9. The van der Waals surface area contributed by atoms with Gasteiger partial charge in [-0.3, -0.25) is 9.59 Å². The molecule has 0 aliphatic carbocycles. The molecule has 1 amide bonds. The normalized spacial score (nSPS) is 10.2. The molecule has 0 aliphatic rings. The minimum atomic E-state index is -0.486. The molecule has 6 heteroatoms. The van der Waals surface area contributed by atoms with Crippen LogP contribution in [-0.2, 0) is 4.74 Å². The molecule has 0 atom stereocenters. The minimum absolute atomic E-state index is 0.251. The zero-order valence-electron chi connectivity index (χ0n) is 14.9. The van der Waals surface area contributed by atoms with Crippen LogP contribution in [0.25, 0.3) is 0 Å². The number of rotatable bonds is 5. The van der Waals surface area contributed by atoms with E-state index in [9.17, 15) is 14.4 Å². The summed E-state index contributed by atoms with van der Waals surface area (Å²) in [7, 11) is 1.29. The van der Waals surface area contributed by atoms with Crippen LogP contribution >= 0.6 is 11.6 Å². The largest absolute Gasteiger partial charge is 0.465 e. The minimum Gasteiger partial charge on any atom is -0.465 e. The summed E-state index contributed by atoms with van der Waals surface area (Å²) in [6.45, 7) is 0. The lowest BCUT2D eigenvalue weighted by atomic mass is 10.0. The van der Waals surface area contributed by atoms with Crippen molar-refractivity contribution in [3.05, 3.63) is 100 Å². The number of methoxy groups -OCH3 is 1. The Morgan fingerprint density at radius 2 is 1.46 bits per heavy atom. The number of ketones is 1. The first-order chi connectivity index (χ1) is 13.5. The van der Waals surface area contributed by atoms with Crippen LogP contribution < -0.4 is 5.32 Å². The van der Waals surface area contributed by atoms with Gasteiger partial charge in [0.15, 0.2) is 5.78 Å². The Bertz CT molecular complexity index is 1030. The van der Waals surface area contributed by atoms with Crippen LogP contribution in [0, 0.1) is 0 Å². The number of carbonyl (C=O) groups is 3. The van der Waals surface area contributed by atoms with Gasteiger partial charge in [-0.25, -0.2) is 4.79 Å². The first-order valence-electron chi connectivity index (χ1n) is 8.38. The van der Waals surface area contributed by atoms with Gasteiger partial charge in [0.25, 0.3) is 5.91 Å². The third-order valence-corrected chi connectivity index (χ3v) is 4.31. The van der Waals surface area contributed by atoms with Gasteiger partial charge in [0, 0.05) is 21.7 Å². The molecule has 0 saturated heterocycles. The number of hydrogen-bond acceptors (Lipinski definition) is 4. The van der Waals surface area contributed by atoms with E-state index in [0.717, 1.165) is 0 Å². The first kappa shape index (κ1) is 19.3. The smallest absolute Gasteiger partial charge is 0.337 e. The fourth-order valence-electron chi connectivity index (χ4n) is 2.63. The summed E-state index contributed by atoms with van der Waals surface area (Å²) in [5.74, 6) is -1.15. The van der Waals surface area contributed by atoms with Gasteiger partial charge in [-0.05, 0) is 42.5 Å². The summed E-state index contributed by atoms with van der Waals surface area (Å²) >= 11 is 6.05. The van der Waals surface area contributed by atoms with Crippen LogP contribution in [0.4, 0.5) is 5.69 Å². The molecule has 5 nitrogen and oxygen atoms in total. The lowest BCUT2D eigenvalue weighted by Gasteiger charge is -2.11. The zero-order chi connectivity index (χ0) is 20.1. The van der Waals surface area contributed by atoms with E-state index >= 15 is 0 Å². The van der Waals surface area contributed by atoms with Crippen molar-refractivity contribution in [2.75, 3.05) is 12.4 Å². The van der Waals surface area contributed by atoms with Crippen LogP contribution in [-0.4, -0.2) is 24.8 Å². The second kappa shape index (κ2) is 8.50. The SMILES string of the molecule is COC(=O)c1ccc(C(=O)Nc2ccc(Cl)cc2C(=O)c2ccccc2)cc1. The van der Waals surface area contributed by atoms with E-state index in [1.54, 1.807) is 36.4 Å². The lowest BCUT2D eigenvalue weighted by molar-refractivity contribution is 0.0600. The number of nitrogens with one attached hydrogen (secondary N) is 1. The Morgan fingerprint density at radius 1 is 0.821 bits per heavy atom. The molecule has 0 fully saturated rings. The third-order valence-electron chi connectivity index (χ3n) is 4.08. The summed E-state index contributed by atoms with van der Waals surface area (Å²) < 4.78 is 4.64. The molecular weight excluding hydrogens is 378 g/mol. The van der Waals surface area contributed by atoms with Crippen molar-refractivity contribution in [3.8, 4) is 0 Å². The predicted molar refractivity (Wildman–Crippen MR) is 107 cm³/mol. The van der Waals surface area contributed by atoms with Gasteiger partial charge in [0.2, 0.25) is 0 Å². The van der Waals surface area contributed by atoms with Crippen molar-refractivity contribution in [1.82, 2.24) is 0 Å². The maximum atomic E-state index is 12.8. The Balaban J connectivity index is 1.87. The van der Waals surface area contributed by atoms with E-state index < -0.39 is 11.9 Å². The Labute approximate surface area is 166 Å². The summed E-state index contributed by atoms with van der Waals surface area (Å²) in [6.07, 6.45) is 0. The number of halogens is 1. The highest BCUT2D eigenvalue weighted by Crippen LogP contribution is 2.24. The molecule has 0 bridgehead atoms. The Hall–Kier alpha value is -3.44. The Morgan fingerprint density at radius 3 is 2.11 bits per heavy atom. The second-order valence-electron chi connectivity index (χ2n) is 5.91. The lowest BCUT2D eigenvalue weighted by Crippen LogP contribution is -2.15. The molecule has 3 rings (SSSR count). The molecular formula is C22H16ClNO4. The zero-order valence-corrected chi connectivity index (χ0v) is 15.7.